The van der Waals surface area contributed by atoms with Gasteiger partial charge in [-0.05, 0) is 32.0 Å². The molecule has 0 amide bonds. The molecule has 0 atom stereocenters. The predicted octanol–water partition coefficient (Wildman–Crippen LogP) is 3.61. The molecule has 90 valence electrons. The molecule has 0 aliphatic rings. The molecule has 0 aliphatic heterocycles. The summed E-state index contributed by atoms with van der Waals surface area (Å²) in [6, 6.07) is 5.76. The van der Waals surface area contributed by atoms with Crippen LogP contribution in [0.3, 0.4) is 0 Å². The van der Waals surface area contributed by atoms with Gasteiger partial charge in [-0.3, -0.25) is 4.79 Å². The van der Waals surface area contributed by atoms with E-state index >= 15 is 0 Å². The van der Waals surface area contributed by atoms with Gasteiger partial charge in [-0.1, -0.05) is 15.9 Å². The maximum atomic E-state index is 11.5. The number of fused-ring (bicyclic) bond motifs is 1. The van der Waals surface area contributed by atoms with Crippen molar-refractivity contribution in [2.45, 2.75) is 20.3 Å². The molecule has 4 heteroatoms. The average molecular weight is 297 g/mol. The van der Waals surface area contributed by atoms with E-state index in [0.29, 0.717) is 6.61 Å². The molecule has 3 nitrogen and oxygen atoms in total. The monoisotopic (exact) mass is 296 g/mol. The Hall–Kier alpha value is -1.29. The van der Waals surface area contributed by atoms with Gasteiger partial charge in [0.15, 0.2) is 0 Å². The van der Waals surface area contributed by atoms with Gasteiger partial charge in [0.2, 0.25) is 0 Å². The summed E-state index contributed by atoms with van der Waals surface area (Å²) in [7, 11) is 0. The number of rotatable bonds is 3. The van der Waals surface area contributed by atoms with Gasteiger partial charge in [0, 0.05) is 15.4 Å². The van der Waals surface area contributed by atoms with Crippen molar-refractivity contribution < 1.29 is 13.9 Å². The maximum Gasteiger partial charge on any atom is 0.310 e. The fraction of sp³-hybridized carbons (Fsp3) is 0.308. The summed E-state index contributed by atoms with van der Waals surface area (Å²) in [5.74, 6) is 0.546. The number of esters is 1. The van der Waals surface area contributed by atoms with Gasteiger partial charge in [-0.25, -0.2) is 0 Å². The van der Waals surface area contributed by atoms with Crippen LogP contribution in [0.5, 0.6) is 0 Å². The zero-order chi connectivity index (χ0) is 12.4. The lowest BCUT2D eigenvalue weighted by Gasteiger charge is -2.01. The zero-order valence-electron chi connectivity index (χ0n) is 9.75. The molecular weight excluding hydrogens is 284 g/mol. The lowest BCUT2D eigenvalue weighted by molar-refractivity contribution is -0.142. The highest BCUT2D eigenvalue weighted by Gasteiger charge is 2.15. The van der Waals surface area contributed by atoms with E-state index < -0.39 is 0 Å². The van der Waals surface area contributed by atoms with E-state index in [1.165, 1.54) is 0 Å². The van der Waals surface area contributed by atoms with Crippen LogP contribution < -0.4 is 0 Å². The van der Waals surface area contributed by atoms with Crippen molar-refractivity contribution in [3.8, 4) is 0 Å². The van der Waals surface area contributed by atoms with Gasteiger partial charge >= 0.3 is 5.97 Å². The van der Waals surface area contributed by atoms with Crippen LogP contribution in [0.1, 0.15) is 18.2 Å². The van der Waals surface area contributed by atoms with Crippen LogP contribution >= 0.6 is 15.9 Å². The zero-order valence-corrected chi connectivity index (χ0v) is 11.3. The molecular formula is C13H13BrO3. The second kappa shape index (κ2) is 4.92. The molecule has 1 aromatic heterocycles. The summed E-state index contributed by atoms with van der Waals surface area (Å²) in [6.07, 6.45) is 0.253. The Morgan fingerprint density at radius 1 is 1.47 bits per heavy atom. The Labute approximate surface area is 108 Å². The SMILES string of the molecule is CCOC(=O)Cc1c(C)oc2ccc(Br)cc12. The average Bonchev–Trinajstić information content (AvgIpc) is 2.56. The predicted molar refractivity (Wildman–Crippen MR) is 69.0 cm³/mol. The second-order valence-electron chi connectivity index (χ2n) is 3.76. The van der Waals surface area contributed by atoms with Gasteiger partial charge in [-0.15, -0.1) is 0 Å². The van der Waals surface area contributed by atoms with Crippen LogP contribution in [-0.4, -0.2) is 12.6 Å². The smallest absolute Gasteiger partial charge is 0.310 e. The molecule has 0 saturated carbocycles. The van der Waals surface area contributed by atoms with Gasteiger partial charge in [0.1, 0.15) is 11.3 Å². The molecule has 0 N–H and O–H groups in total. The normalized spacial score (nSPS) is 10.8. The van der Waals surface area contributed by atoms with Crippen molar-refractivity contribution >= 4 is 32.9 Å². The molecule has 2 aromatic rings. The van der Waals surface area contributed by atoms with Crippen molar-refractivity contribution in [1.82, 2.24) is 0 Å². The molecule has 0 spiro atoms. The summed E-state index contributed by atoms with van der Waals surface area (Å²) in [4.78, 5) is 11.5. The lowest BCUT2D eigenvalue weighted by atomic mass is 10.1. The highest BCUT2D eigenvalue weighted by molar-refractivity contribution is 9.10. The minimum atomic E-state index is -0.224. The molecule has 0 unspecified atom stereocenters. The summed E-state index contributed by atoms with van der Waals surface area (Å²) in [5, 5.41) is 0.963. The van der Waals surface area contributed by atoms with Crippen molar-refractivity contribution in [3.05, 3.63) is 34.0 Å². The van der Waals surface area contributed by atoms with Crippen molar-refractivity contribution in [2.75, 3.05) is 6.61 Å². The number of hydrogen-bond donors (Lipinski definition) is 0. The fourth-order valence-electron chi connectivity index (χ4n) is 1.82. The molecule has 1 aromatic carbocycles. The Kier molecular flexibility index (Phi) is 3.52. The number of hydrogen-bond acceptors (Lipinski definition) is 3. The molecule has 0 bridgehead atoms. The fourth-order valence-corrected chi connectivity index (χ4v) is 2.18. The Morgan fingerprint density at radius 3 is 2.94 bits per heavy atom. The number of carbonyl (C=O) groups is 1. The Morgan fingerprint density at radius 2 is 2.24 bits per heavy atom. The van der Waals surface area contributed by atoms with E-state index in [4.69, 9.17) is 9.15 Å². The third-order valence-corrected chi connectivity index (χ3v) is 3.07. The van der Waals surface area contributed by atoms with E-state index in [1.54, 1.807) is 6.92 Å². The summed E-state index contributed by atoms with van der Waals surface area (Å²) < 4.78 is 11.5. The standard InChI is InChI=1S/C13H13BrO3/c1-3-16-13(15)7-10-8(2)17-12-5-4-9(14)6-11(10)12/h4-6H,3,7H2,1-2H3. The number of benzene rings is 1. The highest BCUT2D eigenvalue weighted by atomic mass is 79.9. The van der Waals surface area contributed by atoms with Gasteiger partial charge in [0.25, 0.3) is 0 Å². The first-order valence-electron chi connectivity index (χ1n) is 5.45. The number of halogens is 1. The molecule has 0 saturated heterocycles. The van der Waals surface area contributed by atoms with Crippen molar-refractivity contribution in [3.63, 3.8) is 0 Å². The van der Waals surface area contributed by atoms with Crippen LogP contribution in [0.25, 0.3) is 11.0 Å². The topological polar surface area (TPSA) is 39.4 Å². The number of aryl methyl sites for hydroxylation is 1. The first-order chi connectivity index (χ1) is 8.11. The molecule has 17 heavy (non-hydrogen) atoms. The molecule has 0 radical (unpaired) electrons. The van der Waals surface area contributed by atoms with E-state index in [1.807, 2.05) is 25.1 Å². The molecule has 1 heterocycles. The van der Waals surface area contributed by atoms with Gasteiger partial charge < -0.3 is 9.15 Å². The minimum Gasteiger partial charge on any atom is -0.466 e. The van der Waals surface area contributed by atoms with Crippen molar-refractivity contribution in [2.24, 2.45) is 0 Å². The largest absolute Gasteiger partial charge is 0.466 e. The Bertz CT molecular complexity index is 557. The highest BCUT2D eigenvalue weighted by Crippen LogP contribution is 2.28. The van der Waals surface area contributed by atoms with E-state index in [9.17, 15) is 4.79 Å². The maximum absolute atomic E-state index is 11.5. The van der Waals surface area contributed by atoms with E-state index in [-0.39, 0.29) is 12.4 Å². The van der Waals surface area contributed by atoms with Crippen LogP contribution in [-0.2, 0) is 16.0 Å². The number of furan rings is 1. The molecule has 0 fully saturated rings. The molecule has 0 aliphatic carbocycles. The van der Waals surface area contributed by atoms with E-state index in [0.717, 1.165) is 26.8 Å². The van der Waals surface area contributed by atoms with E-state index in [2.05, 4.69) is 15.9 Å². The Balaban J connectivity index is 2.41. The molecule has 2 rings (SSSR count). The second-order valence-corrected chi connectivity index (χ2v) is 4.67. The summed E-state index contributed by atoms with van der Waals surface area (Å²) in [6.45, 7) is 4.06. The first-order valence-corrected chi connectivity index (χ1v) is 6.24. The van der Waals surface area contributed by atoms with Crippen LogP contribution in [0.2, 0.25) is 0 Å². The lowest BCUT2D eigenvalue weighted by Crippen LogP contribution is -2.07. The van der Waals surface area contributed by atoms with Crippen LogP contribution in [0.4, 0.5) is 0 Å². The van der Waals surface area contributed by atoms with Crippen LogP contribution in [0.15, 0.2) is 27.1 Å². The van der Waals surface area contributed by atoms with Gasteiger partial charge in [0.05, 0.1) is 13.0 Å². The van der Waals surface area contributed by atoms with Crippen molar-refractivity contribution in [1.29, 1.82) is 0 Å². The number of carbonyl (C=O) groups excluding carboxylic acids is 1. The third-order valence-electron chi connectivity index (χ3n) is 2.58. The summed E-state index contributed by atoms with van der Waals surface area (Å²) in [5.41, 5.74) is 1.70. The van der Waals surface area contributed by atoms with Crippen LogP contribution in [0, 0.1) is 6.92 Å². The first kappa shape index (κ1) is 12.2. The quantitative estimate of drug-likeness (QED) is 0.812. The minimum absolute atomic E-state index is 0.224. The number of ether oxygens (including phenoxy) is 1. The van der Waals surface area contributed by atoms with Gasteiger partial charge in [-0.2, -0.15) is 0 Å². The third kappa shape index (κ3) is 2.52. The summed E-state index contributed by atoms with van der Waals surface area (Å²) >= 11 is 3.41.